The zero-order valence-corrected chi connectivity index (χ0v) is 15.6. The van der Waals surface area contributed by atoms with Crippen molar-refractivity contribution >= 4 is 23.1 Å². The molecule has 3 rings (SSSR count). The molecule has 1 aromatic heterocycles. The molecule has 2 aromatic carbocycles. The third-order valence-corrected chi connectivity index (χ3v) is 3.94. The molecule has 0 bridgehead atoms. The zero-order valence-electron chi connectivity index (χ0n) is 15.6. The van der Waals surface area contributed by atoms with Crippen LogP contribution in [0.3, 0.4) is 0 Å². The van der Waals surface area contributed by atoms with E-state index in [2.05, 4.69) is 15.3 Å². The van der Waals surface area contributed by atoms with Gasteiger partial charge in [-0.3, -0.25) is 4.79 Å². The van der Waals surface area contributed by atoms with Gasteiger partial charge in [-0.1, -0.05) is 18.2 Å². The number of nitrogens with zero attached hydrogens (tertiary/aromatic N) is 3. The van der Waals surface area contributed by atoms with E-state index in [-0.39, 0.29) is 5.91 Å². The number of rotatable bonds is 6. The highest BCUT2D eigenvalue weighted by Crippen LogP contribution is 2.21. The molecule has 0 aliphatic heterocycles. The molecule has 0 saturated heterocycles. The van der Waals surface area contributed by atoms with Crippen molar-refractivity contribution in [3.63, 3.8) is 0 Å². The Bertz CT molecular complexity index is 911. The maximum absolute atomic E-state index is 12.8. The SMILES string of the molecule is CCOc1ccc(Nc2cc(C(=O)N(C)c3ccccc3)nc(C)n2)cc1. The maximum Gasteiger partial charge on any atom is 0.276 e. The summed E-state index contributed by atoms with van der Waals surface area (Å²) in [7, 11) is 1.73. The van der Waals surface area contributed by atoms with Gasteiger partial charge in [0.25, 0.3) is 5.91 Å². The average molecular weight is 362 g/mol. The van der Waals surface area contributed by atoms with Crippen molar-refractivity contribution in [3.05, 3.63) is 72.2 Å². The lowest BCUT2D eigenvalue weighted by molar-refractivity contribution is 0.0988. The van der Waals surface area contributed by atoms with E-state index in [0.717, 1.165) is 17.1 Å². The van der Waals surface area contributed by atoms with Gasteiger partial charge in [-0.15, -0.1) is 0 Å². The van der Waals surface area contributed by atoms with Crippen LogP contribution in [-0.4, -0.2) is 29.5 Å². The van der Waals surface area contributed by atoms with Crippen molar-refractivity contribution in [2.45, 2.75) is 13.8 Å². The van der Waals surface area contributed by atoms with Crippen molar-refractivity contribution in [2.24, 2.45) is 0 Å². The van der Waals surface area contributed by atoms with Crippen LogP contribution in [0.5, 0.6) is 5.75 Å². The number of aryl methyl sites for hydroxylation is 1. The summed E-state index contributed by atoms with van der Waals surface area (Å²) in [5, 5.41) is 3.21. The van der Waals surface area contributed by atoms with E-state index in [0.29, 0.717) is 23.9 Å². The molecular formula is C21H22N4O2. The molecule has 0 saturated carbocycles. The number of carbonyl (C=O) groups is 1. The van der Waals surface area contributed by atoms with Gasteiger partial charge in [0.05, 0.1) is 6.61 Å². The third-order valence-electron chi connectivity index (χ3n) is 3.94. The van der Waals surface area contributed by atoms with Gasteiger partial charge in [0.1, 0.15) is 23.1 Å². The predicted molar refractivity (Wildman–Crippen MR) is 107 cm³/mol. The standard InChI is InChI=1S/C21H22N4O2/c1-4-27-18-12-10-16(11-13-18)24-20-14-19(22-15(2)23-20)21(26)25(3)17-8-6-5-7-9-17/h5-14H,4H2,1-3H3,(H,22,23,24). The van der Waals surface area contributed by atoms with Crippen molar-refractivity contribution < 1.29 is 9.53 Å². The first-order valence-corrected chi connectivity index (χ1v) is 8.75. The monoisotopic (exact) mass is 362 g/mol. The number of hydrogen-bond donors (Lipinski definition) is 1. The second kappa shape index (κ2) is 8.31. The number of nitrogens with one attached hydrogen (secondary N) is 1. The molecule has 0 aliphatic carbocycles. The highest BCUT2D eigenvalue weighted by molar-refractivity contribution is 6.04. The van der Waals surface area contributed by atoms with Gasteiger partial charge in [-0.2, -0.15) is 0 Å². The van der Waals surface area contributed by atoms with Gasteiger partial charge >= 0.3 is 0 Å². The van der Waals surface area contributed by atoms with Crippen molar-refractivity contribution in [1.82, 2.24) is 9.97 Å². The predicted octanol–water partition coefficient (Wildman–Crippen LogP) is 4.20. The van der Waals surface area contributed by atoms with Gasteiger partial charge in [0.15, 0.2) is 0 Å². The summed E-state index contributed by atoms with van der Waals surface area (Å²) in [5.41, 5.74) is 1.99. The summed E-state index contributed by atoms with van der Waals surface area (Å²) in [6.45, 7) is 4.34. The number of para-hydroxylation sites is 1. The highest BCUT2D eigenvalue weighted by Gasteiger charge is 2.16. The summed E-state index contributed by atoms with van der Waals surface area (Å²) in [5.74, 6) is 1.70. The molecule has 1 heterocycles. The number of carbonyl (C=O) groups excluding carboxylic acids is 1. The molecule has 27 heavy (non-hydrogen) atoms. The van der Waals surface area contributed by atoms with E-state index >= 15 is 0 Å². The second-order valence-corrected chi connectivity index (χ2v) is 5.97. The largest absolute Gasteiger partial charge is 0.494 e. The van der Waals surface area contributed by atoms with Crippen LogP contribution in [0.2, 0.25) is 0 Å². The lowest BCUT2D eigenvalue weighted by atomic mass is 10.2. The van der Waals surface area contributed by atoms with Crippen LogP contribution in [0.1, 0.15) is 23.2 Å². The Morgan fingerprint density at radius 1 is 1.07 bits per heavy atom. The Labute approximate surface area is 158 Å². The van der Waals surface area contributed by atoms with Crippen LogP contribution in [0.25, 0.3) is 0 Å². The lowest BCUT2D eigenvalue weighted by Gasteiger charge is -2.17. The summed E-state index contributed by atoms with van der Waals surface area (Å²) in [6, 6.07) is 18.7. The Morgan fingerprint density at radius 3 is 2.44 bits per heavy atom. The summed E-state index contributed by atoms with van der Waals surface area (Å²) in [4.78, 5) is 23.1. The van der Waals surface area contributed by atoms with E-state index in [1.165, 1.54) is 0 Å². The zero-order chi connectivity index (χ0) is 19.2. The van der Waals surface area contributed by atoms with E-state index in [1.54, 1.807) is 24.9 Å². The first-order valence-electron chi connectivity index (χ1n) is 8.75. The van der Waals surface area contributed by atoms with Gasteiger partial charge in [0.2, 0.25) is 0 Å². The third kappa shape index (κ3) is 4.61. The maximum atomic E-state index is 12.8. The molecular weight excluding hydrogens is 340 g/mol. The summed E-state index contributed by atoms with van der Waals surface area (Å²) < 4.78 is 5.45. The number of amides is 1. The molecule has 0 fully saturated rings. The van der Waals surface area contributed by atoms with E-state index in [1.807, 2.05) is 61.5 Å². The Hall–Kier alpha value is -3.41. The minimum Gasteiger partial charge on any atom is -0.494 e. The average Bonchev–Trinajstić information content (AvgIpc) is 2.69. The van der Waals surface area contributed by atoms with Gasteiger partial charge in [0, 0.05) is 24.5 Å². The van der Waals surface area contributed by atoms with Gasteiger partial charge in [-0.25, -0.2) is 9.97 Å². The normalized spacial score (nSPS) is 10.3. The van der Waals surface area contributed by atoms with Crippen LogP contribution < -0.4 is 15.0 Å². The number of ether oxygens (including phenoxy) is 1. The van der Waals surface area contributed by atoms with Crippen molar-refractivity contribution in [2.75, 3.05) is 23.9 Å². The van der Waals surface area contributed by atoms with Crippen molar-refractivity contribution in [3.8, 4) is 5.75 Å². The molecule has 138 valence electrons. The van der Waals surface area contributed by atoms with Crippen LogP contribution in [0.15, 0.2) is 60.7 Å². The van der Waals surface area contributed by atoms with Crippen molar-refractivity contribution in [1.29, 1.82) is 0 Å². The fourth-order valence-corrected chi connectivity index (χ4v) is 2.63. The first-order chi connectivity index (χ1) is 13.1. The summed E-state index contributed by atoms with van der Waals surface area (Å²) in [6.07, 6.45) is 0. The number of anilines is 3. The highest BCUT2D eigenvalue weighted by atomic mass is 16.5. The number of hydrogen-bond acceptors (Lipinski definition) is 5. The van der Waals surface area contributed by atoms with E-state index in [4.69, 9.17) is 4.74 Å². The number of benzene rings is 2. The molecule has 3 aromatic rings. The Balaban J connectivity index is 1.80. The van der Waals surface area contributed by atoms with Crippen LogP contribution in [0.4, 0.5) is 17.2 Å². The smallest absolute Gasteiger partial charge is 0.276 e. The lowest BCUT2D eigenvalue weighted by Crippen LogP contribution is -2.27. The Morgan fingerprint density at radius 2 is 1.78 bits per heavy atom. The summed E-state index contributed by atoms with van der Waals surface area (Å²) >= 11 is 0. The molecule has 0 spiro atoms. The first kappa shape index (κ1) is 18.4. The van der Waals surface area contributed by atoms with Crippen LogP contribution in [-0.2, 0) is 0 Å². The molecule has 0 atom stereocenters. The fraction of sp³-hybridized carbons (Fsp3) is 0.190. The Kier molecular flexibility index (Phi) is 5.66. The molecule has 0 unspecified atom stereocenters. The van der Waals surface area contributed by atoms with Crippen LogP contribution >= 0.6 is 0 Å². The van der Waals surface area contributed by atoms with Crippen LogP contribution in [0, 0.1) is 6.92 Å². The van der Waals surface area contributed by atoms with E-state index in [9.17, 15) is 4.79 Å². The quantitative estimate of drug-likeness (QED) is 0.712. The van der Waals surface area contributed by atoms with Gasteiger partial charge < -0.3 is 15.0 Å². The molecule has 0 radical (unpaired) electrons. The van der Waals surface area contributed by atoms with E-state index < -0.39 is 0 Å². The molecule has 0 aliphatic rings. The molecule has 6 heteroatoms. The topological polar surface area (TPSA) is 67.3 Å². The second-order valence-electron chi connectivity index (χ2n) is 5.97. The molecule has 6 nitrogen and oxygen atoms in total. The minimum atomic E-state index is -0.193. The van der Waals surface area contributed by atoms with Gasteiger partial charge in [-0.05, 0) is 50.2 Å². The minimum absolute atomic E-state index is 0.193. The molecule has 1 amide bonds. The number of aromatic nitrogens is 2. The fourth-order valence-electron chi connectivity index (χ4n) is 2.63. The molecule has 1 N–H and O–H groups in total.